The van der Waals surface area contributed by atoms with Gasteiger partial charge in [-0.1, -0.05) is 53.7 Å². The maximum atomic E-state index is 5.97. The highest BCUT2D eigenvalue weighted by Gasteiger charge is 2.19. The van der Waals surface area contributed by atoms with Gasteiger partial charge in [-0.05, 0) is 40.6 Å². The van der Waals surface area contributed by atoms with E-state index in [-0.39, 0.29) is 0 Å². The van der Waals surface area contributed by atoms with Gasteiger partial charge in [0.05, 0.1) is 5.56 Å². The second-order valence-corrected chi connectivity index (χ2v) is 5.65. The van der Waals surface area contributed by atoms with Crippen LogP contribution in [-0.2, 0) is 0 Å². The molecule has 0 bridgehead atoms. The third-order valence-corrected chi connectivity index (χ3v) is 4.66. The number of aromatic nitrogens is 1. The van der Waals surface area contributed by atoms with Crippen molar-refractivity contribution < 1.29 is 4.52 Å². The van der Waals surface area contributed by atoms with Crippen LogP contribution in [0.5, 0.6) is 0 Å². The first-order valence-corrected chi connectivity index (χ1v) is 7.32. The van der Waals surface area contributed by atoms with Crippen molar-refractivity contribution >= 4 is 28.5 Å². The van der Waals surface area contributed by atoms with Crippen LogP contribution in [0.4, 0.5) is 5.88 Å². The fourth-order valence-corrected chi connectivity index (χ4v) is 2.82. The lowest BCUT2D eigenvalue weighted by Gasteiger charge is -2.06. The zero-order valence-corrected chi connectivity index (χ0v) is 13.1. The van der Waals surface area contributed by atoms with Gasteiger partial charge < -0.3 is 10.3 Å². The van der Waals surface area contributed by atoms with E-state index >= 15 is 0 Å². The Morgan fingerprint density at radius 3 is 2.55 bits per heavy atom. The third-order valence-electron chi connectivity index (χ3n) is 3.23. The predicted molar refractivity (Wildman–Crippen MR) is 89.2 cm³/mol. The third kappa shape index (κ3) is 2.20. The highest BCUT2D eigenvalue weighted by molar-refractivity contribution is 14.1. The van der Waals surface area contributed by atoms with E-state index < -0.39 is 0 Å². The summed E-state index contributed by atoms with van der Waals surface area (Å²) in [4.78, 5) is 0. The predicted octanol–water partition coefficient (Wildman–Crippen LogP) is 4.50. The SMILES string of the molecule is Cc1cccc(-c2noc(N)c2-c2ccccc2)c1I. The van der Waals surface area contributed by atoms with E-state index in [2.05, 4.69) is 40.7 Å². The number of nitrogens with zero attached hydrogens (tertiary/aromatic N) is 1. The van der Waals surface area contributed by atoms with Gasteiger partial charge in [0, 0.05) is 9.13 Å². The molecule has 3 nitrogen and oxygen atoms in total. The number of halogens is 1. The summed E-state index contributed by atoms with van der Waals surface area (Å²) in [5, 5.41) is 4.16. The standard InChI is InChI=1S/C16H13IN2O/c1-10-6-5-9-12(14(10)17)15-13(16(18)20-19-15)11-7-3-2-4-8-11/h2-9H,18H2,1H3. The zero-order valence-electron chi connectivity index (χ0n) is 10.9. The summed E-state index contributed by atoms with van der Waals surface area (Å²) in [5.74, 6) is 0.350. The fourth-order valence-electron chi connectivity index (χ4n) is 2.20. The van der Waals surface area contributed by atoms with Gasteiger partial charge in [0.25, 0.3) is 0 Å². The summed E-state index contributed by atoms with van der Waals surface area (Å²) in [7, 11) is 0. The minimum absolute atomic E-state index is 0.350. The summed E-state index contributed by atoms with van der Waals surface area (Å²) in [5.41, 5.74) is 10.9. The van der Waals surface area contributed by atoms with Gasteiger partial charge in [-0.3, -0.25) is 0 Å². The summed E-state index contributed by atoms with van der Waals surface area (Å²) >= 11 is 2.33. The van der Waals surface area contributed by atoms with Crippen LogP contribution in [0.3, 0.4) is 0 Å². The monoisotopic (exact) mass is 376 g/mol. The molecule has 1 heterocycles. The maximum Gasteiger partial charge on any atom is 0.230 e. The van der Waals surface area contributed by atoms with Crippen molar-refractivity contribution in [3.8, 4) is 22.4 Å². The Morgan fingerprint density at radius 2 is 1.80 bits per heavy atom. The molecule has 0 atom stereocenters. The topological polar surface area (TPSA) is 52.0 Å². The molecule has 2 aromatic carbocycles. The molecule has 2 N–H and O–H groups in total. The number of rotatable bonds is 2. The zero-order chi connectivity index (χ0) is 14.1. The number of aryl methyl sites for hydroxylation is 1. The molecule has 0 spiro atoms. The quantitative estimate of drug-likeness (QED) is 0.670. The number of hydrogen-bond donors (Lipinski definition) is 1. The summed E-state index contributed by atoms with van der Waals surface area (Å²) in [6.07, 6.45) is 0. The van der Waals surface area contributed by atoms with Gasteiger partial charge in [-0.2, -0.15) is 0 Å². The normalized spacial score (nSPS) is 10.7. The van der Waals surface area contributed by atoms with E-state index in [9.17, 15) is 0 Å². The summed E-state index contributed by atoms with van der Waals surface area (Å²) < 4.78 is 6.39. The molecule has 20 heavy (non-hydrogen) atoms. The Morgan fingerprint density at radius 1 is 1.05 bits per heavy atom. The highest BCUT2D eigenvalue weighted by Crippen LogP contribution is 2.38. The molecule has 3 aromatic rings. The van der Waals surface area contributed by atoms with E-state index in [0.29, 0.717) is 5.88 Å². The molecule has 0 saturated carbocycles. The molecule has 0 unspecified atom stereocenters. The number of nitrogens with two attached hydrogens (primary N) is 1. The fraction of sp³-hybridized carbons (Fsp3) is 0.0625. The number of nitrogen functional groups attached to an aromatic ring is 1. The second kappa shape index (κ2) is 5.28. The van der Waals surface area contributed by atoms with Gasteiger partial charge in [-0.15, -0.1) is 0 Å². The van der Waals surface area contributed by atoms with Gasteiger partial charge >= 0.3 is 0 Å². The first kappa shape index (κ1) is 13.2. The Hall–Kier alpha value is -1.82. The van der Waals surface area contributed by atoms with Crippen LogP contribution in [0.25, 0.3) is 22.4 Å². The summed E-state index contributed by atoms with van der Waals surface area (Å²) in [6, 6.07) is 16.1. The molecule has 0 amide bonds. The molecule has 0 fully saturated rings. The van der Waals surface area contributed by atoms with Crippen LogP contribution >= 0.6 is 22.6 Å². The van der Waals surface area contributed by atoms with Gasteiger partial charge in [-0.25, -0.2) is 0 Å². The highest BCUT2D eigenvalue weighted by atomic mass is 127. The van der Waals surface area contributed by atoms with Crippen LogP contribution in [0.2, 0.25) is 0 Å². The molecule has 4 heteroatoms. The Labute approximate surface area is 130 Å². The van der Waals surface area contributed by atoms with Gasteiger partial charge in [0.1, 0.15) is 5.69 Å². The Balaban J connectivity index is 2.24. The van der Waals surface area contributed by atoms with Crippen LogP contribution in [0.15, 0.2) is 53.1 Å². The lowest BCUT2D eigenvalue weighted by molar-refractivity contribution is 0.439. The van der Waals surface area contributed by atoms with Gasteiger partial charge in [0.2, 0.25) is 5.88 Å². The molecule has 0 radical (unpaired) electrons. The first-order chi connectivity index (χ1) is 9.68. The van der Waals surface area contributed by atoms with Crippen molar-refractivity contribution in [2.45, 2.75) is 6.92 Å². The van der Waals surface area contributed by atoms with Crippen molar-refractivity contribution in [3.63, 3.8) is 0 Å². The van der Waals surface area contributed by atoms with Gasteiger partial charge in [0.15, 0.2) is 0 Å². The molecule has 0 aliphatic heterocycles. The van der Waals surface area contributed by atoms with E-state index in [1.165, 1.54) is 5.56 Å². The molecule has 3 rings (SSSR count). The molecule has 100 valence electrons. The summed E-state index contributed by atoms with van der Waals surface area (Å²) in [6.45, 7) is 2.08. The Bertz CT molecular complexity index is 750. The average Bonchev–Trinajstić information content (AvgIpc) is 2.84. The van der Waals surface area contributed by atoms with Crippen LogP contribution < -0.4 is 5.73 Å². The van der Waals surface area contributed by atoms with Crippen molar-refractivity contribution in [3.05, 3.63) is 57.7 Å². The number of anilines is 1. The molecule has 0 aliphatic carbocycles. The molecule has 1 aromatic heterocycles. The molecule has 0 aliphatic rings. The van der Waals surface area contributed by atoms with Crippen molar-refractivity contribution in [2.75, 3.05) is 5.73 Å². The van der Waals surface area contributed by atoms with E-state index in [1.807, 2.05) is 42.5 Å². The van der Waals surface area contributed by atoms with Crippen molar-refractivity contribution in [1.82, 2.24) is 5.16 Å². The van der Waals surface area contributed by atoms with E-state index in [4.69, 9.17) is 10.3 Å². The second-order valence-electron chi connectivity index (χ2n) is 4.57. The molecular formula is C16H13IN2O. The number of hydrogen-bond acceptors (Lipinski definition) is 3. The smallest absolute Gasteiger partial charge is 0.230 e. The van der Waals surface area contributed by atoms with Crippen molar-refractivity contribution in [1.29, 1.82) is 0 Å². The lowest BCUT2D eigenvalue weighted by Crippen LogP contribution is -1.91. The molecule has 0 saturated heterocycles. The average molecular weight is 376 g/mol. The minimum Gasteiger partial charge on any atom is -0.367 e. The minimum atomic E-state index is 0.350. The van der Waals surface area contributed by atoms with E-state index in [1.54, 1.807) is 0 Å². The Kier molecular flexibility index (Phi) is 3.48. The number of benzene rings is 2. The van der Waals surface area contributed by atoms with Crippen LogP contribution in [0.1, 0.15) is 5.56 Å². The lowest BCUT2D eigenvalue weighted by atomic mass is 10.00. The maximum absolute atomic E-state index is 5.97. The van der Waals surface area contributed by atoms with E-state index in [0.717, 1.165) is 26.0 Å². The van der Waals surface area contributed by atoms with Crippen LogP contribution in [-0.4, -0.2) is 5.16 Å². The van der Waals surface area contributed by atoms with Crippen LogP contribution in [0, 0.1) is 10.5 Å². The largest absolute Gasteiger partial charge is 0.367 e. The first-order valence-electron chi connectivity index (χ1n) is 6.24. The van der Waals surface area contributed by atoms with Crippen molar-refractivity contribution in [2.24, 2.45) is 0 Å². The molecular weight excluding hydrogens is 363 g/mol.